The molecule has 1 aliphatic rings. The van der Waals surface area contributed by atoms with Crippen molar-refractivity contribution in [1.82, 2.24) is 20.3 Å². The predicted octanol–water partition coefficient (Wildman–Crippen LogP) is 2.89. The summed E-state index contributed by atoms with van der Waals surface area (Å²) in [5.41, 5.74) is 4.99. The average molecular weight is 415 g/mol. The molecule has 1 saturated carbocycles. The molecule has 1 amide bonds. The molecule has 29 heavy (non-hydrogen) atoms. The second-order valence-electron chi connectivity index (χ2n) is 8.44. The van der Waals surface area contributed by atoms with Crippen molar-refractivity contribution in [1.29, 1.82) is 0 Å². The van der Waals surface area contributed by atoms with Gasteiger partial charge in [-0.25, -0.2) is 9.97 Å². The molecule has 0 aromatic carbocycles. The van der Waals surface area contributed by atoms with Crippen LogP contribution in [0.2, 0.25) is 19.6 Å². The molecule has 1 aliphatic carbocycles. The van der Waals surface area contributed by atoms with Crippen molar-refractivity contribution < 1.29 is 14.3 Å². The van der Waals surface area contributed by atoms with Gasteiger partial charge in [-0.15, -0.1) is 5.54 Å². The first-order chi connectivity index (χ1) is 13.9. The molecule has 3 rings (SSSR count). The first kappa shape index (κ1) is 21.5. The first-order valence-electron chi connectivity index (χ1n) is 10.2. The maximum absolute atomic E-state index is 13.0. The summed E-state index contributed by atoms with van der Waals surface area (Å²) in [4.78, 5) is 25.0. The third-order valence-electron chi connectivity index (χ3n) is 4.82. The molecule has 2 heterocycles. The van der Waals surface area contributed by atoms with E-state index in [0.717, 1.165) is 25.7 Å². The SMILES string of the molecule is COCCOC1CCC(NC(=O)c2nc(C#C[Si](C)(C)C)nc3cc[nH]c23)CC1. The lowest BCUT2D eigenvalue weighted by Crippen LogP contribution is -2.39. The second-order valence-corrected chi connectivity index (χ2v) is 13.2. The number of hydrogen-bond donors (Lipinski definition) is 2. The Morgan fingerprint density at radius 2 is 2.00 bits per heavy atom. The largest absolute Gasteiger partial charge is 0.382 e. The van der Waals surface area contributed by atoms with Gasteiger partial charge in [0.25, 0.3) is 5.91 Å². The van der Waals surface area contributed by atoms with Gasteiger partial charge in [-0.05, 0) is 37.7 Å². The zero-order valence-electron chi connectivity index (χ0n) is 17.7. The normalized spacial score (nSPS) is 19.6. The average Bonchev–Trinajstić information content (AvgIpc) is 3.15. The van der Waals surface area contributed by atoms with Crippen LogP contribution in [0, 0.1) is 11.5 Å². The Bertz CT molecular complexity index is 902. The number of nitrogens with zero attached hydrogens (tertiary/aromatic N) is 2. The van der Waals surface area contributed by atoms with Crippen LogP contribution in [0.25, 0.3) is 11.0 Å². The highest BCUT2D eigenvalue weighted by Crippen LogP contribution is 2.22. The van der Waals surface area contributed by atoms with Crippen molar-refractivity contribution in [3.05, 3.63) is 23.8 Å². The minimum absolute atomic E-state index is 0.126. The molecule has 0 saturated heterocycles. The van der Waals surface area contributed by atoms with E-state index in [2.05, 4.69) is 51.4 Å². The number of aromatic amines is 1. The number of hydrogen-bond acceptors (Lipinski definition) is 5. The number of aromatic nitrogens is 3. The fraction of sp³-hybridized carbons (Fsp3) is 0.571. The highest BCUT2D eigenvalue weighted by molar-refractivity contribution is 6.83. The van der Waals surface area contributed by atoms with E-state index >= 15 is 0 Å². The minimum atomic E-state index is -1.56. The second kappa shape index (κ2) is 9.52. The van der Waals surface area contributed by atoms with Crippen LogP contribution in [0.1, 0.15) is 42.0 Å². The summed E-state index contributed by atoms with van der Waals surface area (Å²) in [5, 5.41) is 3.14. The lowest BCUT2D eigenvalue weighted by Gasteiger charge is -2.29. The fourth-order valence-corrected chi connectivity index (χ4v) is 3.82. The van der Waals surface area contributed by atoms with Gasteiger partial charge in [0.1, 0.15) is 8.07 Å². The van der Waals surface area contributed by atoms with Crippen LogP contribution in [0.4, 0.5) is 0 Å². The zero-order valence-corrected chi connectivity index (χ0v) is 18.7. The molecule has 0 spiro atoms. The van der Waals surface area contributed by atoms with Crippen molar-refractivity contribution in [2.24, 2.45) is 0 Å². The Morgan fingerprint density at radius 1 is 1.24 bits per heavy atom. The summed E-state index contributed by atoms with van der Waals surface area (Å²) in [6.07, 6.45) is 5.67. The van der Waals surface area contributed by atoms with Crippen LogP contribution in [-0.2, 0) is 9.47 Å². The number of fused-ring (bicyclic) bond motifs is 1. The molecule has 0 bridgehead atoms. The van der Waals surface area contributed by atoms with Crippen molar-refractivity contribution >= 4 is 25.0 Å². The molecule has 0 atom stereocenters. The predicted molar refractivity (Wildman–Crippen MR) is 115 cm³/mol. The molecule has 0 unspecified atom stereocenters. The summed E-state index contributed by atoms with van der Waals surface area (Å²) in [5.74, 6) is 3.29. The van der Waals surface area contributed by atoms with Crippen LogP contribution in [0.5, 0.6) is 0 Å². The number of H-pyrrole nitrogens is 1. The van der Waals surface area contributed by atoms with Crippen molar-refractivity contribution in [3.63, 3.8) is 0 Å². The highest BCUT2D eigenvalue weighted by Gasteiger charge is 2.25. The molecule has 0 radical (unpaired) electrons. The molecule has 2 aromatic rings. The van der Waals surface area contributed by atoms with E-state index in [0.29, 0.717) is 35.8 Å². The Morgan fingerprint density at radius 3 is 2.69 bits per heavy atom. The Hall–Kier alpha value is -2.21. The van der Waals surface area contributed by atoms with Crippen molar-refractivity contribution in [2.75, 3.05) is 20.3 Å². The minimum Gasteiger partial charge on any atom is -0.382 e. The number of carbonyl (C=O) groups is 1. The van der Waals surface area contributed by atoms with E-state index in [1.165, 1.54) is 0 Å². The molecule has 156 valence electrons. The summed E-state index contributed by atoms with van der Waals surface area (Å²) >= 11 is 0. The van der Waals surface area contributed by atoms with E-state index in [-0.39, 0.29) is 18.1 Å². The number of rotatable bonds is 6. The van der Waals surface area contributed by atoms with Gasteiger partial charge in [0.2, 0.25) is 5.82 Å². The molecule has 7 nitrogen and oxygen atoms in total. The molecule has 1 fully saturated rings. The van der Waals surface area contributed by atoms with Gasteiger partial charge in [0.05, 0.1) is 30.4 Å². The standard InChI is InChI=1S/C21H30N4O3Si/c1-27-12-13-28-16-7-5-15(6-8-16)23-21(26)20-19-17(9-11-22-19)24-18(25-20)10-14-29(2,3)4/h9,11,15-16,22H,5-8,12-13H2,1-4H3,(H,23,26). The van der Waals surface area contributed by atoms with Crippen LogP contribution in [0.15, 0.2) is 12.3 Å². The van der Waals surface area contributed by atoms with Crippen LogP contribution < -0.4 is 5.32 Å². The Balaban J connectivity index is 1.68. The summed E-state index contributed by atoms with van der Waals surface area (Å²) in [7, 11) is 0.114. The van der Waals surface area contributed by atoms with E-state index in [4.69, 9.17) is 9.47 Å². The Kier molecular flexibility index (Phi) is 7.06. The zero-order chi connectivity index (χ0) is 20.9. The van der Waals surface area contributed by atoms with E-state index in [1.54, 1.807) is 13.3 Å². The van der Waals surface area contributed by atoms with Crippen LogP contribution in [-0.4, -0.2) is 61.4 Å². The number of nitrogens with one attached hydrogen (secondary N) is 2. The third kappa shape index (κ3) is 6.13. The maximum atomic E-state index is 13.0. The molecule has 2 N–H and O–H groups in total. The Labute approximate surface area is 173 Å². The number of methoxy groups -OCH3 is 1. The topological polar surface area (TPSA) is 89.1 Å². The lowest BCUT2D eigenvalue weighted by molar-refractivity contribution is -0.00409. The van der Waals surface area contributed by atoms with Gasteiger partial charge in [-0.2, -0.15) is 0 Å². The van der Waals surface area contributed by atoms with Gasteiger partial charge < -0.3 is 19.8 Å². The monoisotopic (exact) mass is 414 g/mol. The molecule has 0 aliphatic heterocycles. The van der Waals surface area contributed by atoms with Crippen LogP contribution in [0.3, 0.4) is 0 Å². The quantitative estimate of drug-likeness (QED) is 0.431. The third-order valence-corrected chi connectivity index (χ3v) is 5.70. The lowest BCUT2D eigenvalue weighted by atomic mass is 9.93. The highest BCUT2D eigenvalue weighted by atomic mass is 28.3. The number of amides is 1. The molecule has 2 aromatic heterocycles. The molecular weight excluding hydrogens is 384 g/mol. The molecular formula is C21H30N4O3Si. The summed E-state index contributed by atoms with van der Waals surface area (Å²) in [6.45, 7) is 7.72. The smallest absolute Gasteiger partial charge is 0.272 e. The van der Waals surface area contributed by atoms with Gasteiger partial charge >= 0.3 is 0 Å². The van der Waals surface area contributed by atoms with E-state index < -0.39 is 8.07 Å². The first-order valence-corrected chi connectivity index (χ1v) is 13.7. The van der Waals surface area contributed by atoms with Gasteiger partial charge in [-0.1, -0.05) is 19.6 Å². The maximum Gasteiger partial charge on any atom is 0.272 e. The summed E-state index contributed by atoms with van der Waals surface area (Å²) in [6, 6.07) is 1.97. The molecule has 8 heteroatoms. The van der Waals surface area contributed by atoms with Crippen molar-refractivity contribution in [2.45, 2.75) is 57.5 Å². The van der Waals surface area contributed by atoms with Gasteiger partial charge in [0.15, 0.2) is 5.69 Å². The summed E-state index contributed by atoms with van der Waals surface area (Å²) < 4.78 is 10.8. The fourth-order valence-electron chi connectivity index (χ4n) is 3.33. The number of ether oxygens (including phenoxy) is 2. The van der Waals surface area contributed by atoms with E-state index in [9.17, 15) is 4.79 Å². The van der Waals surface area contributed by atoms with Crippen LogP contribution >= 0.6 is 0 Å². The van der Waals surface area contributed by atoms with E-state index in [1.807, 2.05) is 6.07 Å². The van der Waals surface area contributed by atoms with Gasteiger partial charge in [0, 0.05) is 19.3 Å². The van der Waals surface area contributed by atoms with Gasteiger partial charge in [-0.3, -0.25) is 4.79 Å². The van der Waals surface area contributed by atoms with Crippen molar-refractivity contribution in [3.8, 4) is 11.5 Å². The number of carbonyl (C=O) groups excluding carboxylic acids is 1.